The molecule has 7 nitrogen and oxygen atoms in total. The van der Waals surface area contributed by atoms with Crippen LogP contribution in [0.2, 0.25) is 5.02 Å². The summed E-state index contributed by atoms with van der Waals surface area (Å²) < 4.78 is 0. The molecule has 3 heterocycles. The number of phenolic OH excluding ortho intramolecular Hbond substituents is 1. The van der Waals surface area contributed by atoms with E-state index in [0.717, 1.165) is 11.1 Å². The summed E-state index contributed by atoms with van der Waals surface area (Å²) in [6.07, 6.45) is 0.952. The van der Waals surface area contributed by atoms with Crippen LogP contribution in [0.3, 0.4) is 0 Å². The van der Waals surface area contributed by atoms with Crippen LogP contribution < -0.4 is 10.6 Å². The van der Waals surface area contributed by atoms with Crippen LogP contribution in [0.1, 0.15) is 16.7 Å². The minimum absolute atomic E-state index is 0.144. The summed E-state index contributed by atoms with van der Waals surface area (Å²) in [5.74, 6) is -2.42. The highest BCUT2D eigenvalue weighted by Crippen LogP contribution is 2.53. The molecule has 3 aromatic rings. The Hall–Kier alpha value is -3.68. The number of nitrogens with one attached hydrogen (secondary N) is 2. The van der Waals surface area contributed by atoms with Crippen molar-refractivity contribution in [2.75, 3.05) is 11.9 Å². The molecule has 3 N–H and O–H groups in total. The summed E-state index contributed by atoms with van der Waals surface area (Å²) in [6, 6.07) is 21.1. The van der Waals surface area contributed by atoms with Gasteiger partial charge >= 0.3 is 0 Å². The lowest BCUT2D eigenvalue weighted by molar-refractivity contribution is -0.142. The van der Waals surface area contributed by atoms with Crippen molar-refractivity contribution in [3.8, 4) is 5.75 Å². The fraction of sp³-hybridized carbons (Fsp3) is 0.250. The van der Waals surface area contributed by atoms with E-state index < -0.39 is 23.4 Å². The Kier molecular flexibility index (Phi) is 5.35. The van der Waals surface area contributed by atoms with Gasteiger partial charge in [0.1, 0.15) is 11.3 Å². The largest absolute Gasteiger partial charge is 0.508 e. The zero-order valence-electron chi connectivity index (χ0n) is 19.3. The Bertz CT molecular complexity index is 1380. The number of fused-ring (bicyclic) bond motifs is 4. The Morgan fingerprint density at radius 2 is 1.67 bits per heavy atom. The third-order valence-corrected chi connectivity index (χ3v) is 7.86. The quantitative estimate of drug-likeness (QED) is 0.466. The Morgan fingerprint density at radius 3 is 2.42 bits per heavy atom. The molecule has 3 aromatic carbocycles. The maximum absolute atomic E-state index is 13.9. The van der Waals surface area contributed by atoms with Gasteiger partial charge in [-0.1, -0.05) is 54.1 Å². The van der Waals surface area contributed by atoms with Gasteiger partial charge in [-0.3, -0.25) is 24.6 Å². The van der Waals surface area contributed by atoms with E-state index >= 15 is 0 Å². The third kappa shape index (κ3) is 3.42. The van der Waals surface area contributed by atoms with Crippen LogP contribution in [0, 0.1) is 11.8 Å². The van der Waals surface area contributed by atoms with Crippen molar-refractivity contribution in [2.45, 2.75) is 24.4 Å². The van der Waals surface area contributed by atoms with Crippen molar-refractivity contribution < 1.29 is 19.5 Å². The molecule has 0 unspecified atom stereocenters. The molecule has 3 amide bonds. The average Bonchev–Trinajstić information content (AvgIpc) is 3.44. The maximum atomic E-state index is 13.9. The number of nitrogens with zero attached hydrogens (tertiary/aromatic N) is 1. The standard InChI is InChI=1S/C28H24ClN3O4/c29-18-8-11-21-20(15-18)28(27(36)30-21)24-23(22(31-28)14-17-6-9-19(33)10-7-17)25(34)32(26(24)35)13-12-16-4-2-1-3-5-16/h1-11,15,22-24,31,33H,12-14H2,(H,30,36)/t22-,23+,24+,28-/m1/s1. The molecule has 0 aliphatic carbocycles. The van der Waals surface area contributed by atoms with E-state index in [1.54, 1.807) is 42.5 Å². The number of carbonyl (C=O) groups is 3. The van der Waals surface area contributed by atoms with Crippen LogP contribution in [-0.2, 0) is 32.8 Å². The van der Waals surface area contributed by atoms with Crippen molar-refractivity contribution in [1.82, 2.24) is 10.2 Å². The Labute approximate surface area is 213 Å². The van der Waals surface area contributed by atoms with Crippen molar-refractivity contribution >= 4 is 35.0 Å². The van der Waals surface area contributed by atoms with E-state index in [4.69, 9.17) is 11.6 Å². The first-order chi connectivity index (χ1) is 17.4. The minimum Gasteiger partial charge on any atom is -0.508 e. The number of likely N-dealkylation sites (tertiary alicyclic amines) is 1. The van der Waals surface area contributed by atoms with Crippen LogP contribution >= 0.6 is 11.6 Å². The summed E-state index contributed by atoms with van der Waals surface area (Å²) >= 11 is 6.32. The molecule has 0 bridgehead atoms. The van der Waals surface area contributed by atoms with E-state index in [1.165, 1.54) is 4.90 Å². The van der Waals surface area contributed by atoms with Gasteiger partial charge in [-0.2, -0.15) is 0 Å². The van der Waals surface area contributed by atoms with Crippen molar-refractivity contribution in [2.24, 2.45) is 11.8 Å². The summed E-state index contributed by atoms with van der Waals surface area (Å²) in [6.45, 7) is 0.251. The molecule has 0 aromatic heterocycles. The zero-order valence-corrected chi connectivity index (χ0v) is 20.0. The van der Waals surface area contributed by atoms with Gasteiger partial charge in [-0.05, 0) is 54.3 Å². The topological polar surface area (TPSA) is 98.7 Å². The lowest BCUT2D eigenvalue weighted by Crippen LogP contribution is -2.53. The van der Waals surface area contributed by atoms with Crippen LogP contribution in [-0.4, -0.2) is 40.3 Å². The first kappa shape index (κ1) is 22.8. The first-order valence-corrected chi connectivity index (χ1v) is 12.3. The van der Waals surface area contributed by atoms with E-state index in [1.807, 2.05) is 30.3 Å². The molecule has 36 heavy (non-hydrogen) atoms. The molecule has 0 radical (unpaired) electrons. The number of rotatable bonds is 5. The van der Waals surface area contributed by atoms with Crippen molar-refractivity contribution in [1.29, 1.82) is 0 Å². The molecule has 0 saturated carbocycles. The molecule has 2 saturated heterocycles. The number of hydrogen-bond donors (Lipinski definition) is 3. The number of benzene rings is 3. The van der Waals surface area contributed by atoms with Gasteiger partial charge in [0, 0.05) is 28.9 Å². The monoisotopic (exact) mass is 501 g/mol. The van der Waals surface area contributed by atoms with E-state index in [-0.39, 0.29) is 30.0 Å². The number of imide groups is 1. The summed E-state index contributed by atoms with van der Waals surface area (Å²) in [5, 5.41) is 16.4. The number of halogens is 1. The highest BCUT2D eigenvalue weighted by molar-refractivity contribution is 6.31. The number of amides is 3. The lowest BCUT2D eigenvalue weighted by atomic mass is 9.76. The number of hydrogen-bond acceptors (Lipinski definition) is 5. The summed E-state index contributed by atoms with van der Waals surface area (Å²) in [5.41, 5.74) is 1.70. The molecule has 3 aliphatic heterocycles. The predicted octanol–water partition coefficient (Wildman–Crippen LogP) is 3.25. The summed E-state index contributed by atoms with van der Waals surface area (Å²) in [7, 11) is 0. The molecule has 4 atom stereocenters. The maximum Gasteiger partial charge on any atom is 0.250 e. The number of aromatic hydroxyl groups is 1. The van der Waals surface area contributed by atoms with Gasteiger partial charge in [-0.25, -0.2) is 0 Å². The highest BCUT2D eigenvalue weighted by Gasteiger charge is 2.70. The zero-order chi connectivity index (χ0) is 25.0. The normalized spacial score (nSPS) is 26.4. The Morgan fingerprint density at radius 1 is 0.917 bits per heavy atom. The molecule has 3 aliphatic rings. The van der Waals surface area contributed by atoms with Crippen molar-refractivity contribution in [3.05, 3.63) is 94.5 Å². The second kappa shape index (κ2) is 8.47. The molecule has 6 rings (SSSR count). The second-order valence-electron chi connectivity index (χ2n) is 9.64. The number of carbonyl (C=O) groups excluding carboxylic acids is 3. The number of phenols is 1. The van der Waals surface area contributed by atoms with Crippen molar-refractivity contribution in [3.63, 3.8) is 0 Å². The highest BCUT2D eigenvalue weighted by atomic mass is 35.5. The second-order valence-corrected chi connectivity index (χ2v) is 10.1. The first-order valence-electron chi connectivity index (χ1n) is 11.9. The van der Waals surface area contributed by atoms with Crippen LogP contribution in [0.15, 0.2) is 72.8 Å². The smallest absolute Gasteiger partial charge is 0.250 e. The molecule has 182 valence electrons. The lowest BCUT2D eigenvalue weighted by Gasteiger charge is -2.29. The van der Waals surface area contributed by atoms with Gasteiger partial charge in [0.25, 0.3) is 0 Å². The average molecular weight is 502 g/mol. The molecule has 2 fully saturated rings. The third-order valence-electron chi connectivity index (χ3n) is 7.63. The van der Waals surface area contributed by atoms with Gasteiger partial charge < -0.3 is 10.4 Å². The van der Waals surface area contributed by atoms with Gasteiger partial charge in [0.05, 0.1) is 11.8 Å². The van der Waals surface area contributed by atoms with E-state index in [0.29, 0.717) is 29.1 Å². The minimum atomic E-state index is -1.39. The summed E-state index contributed by atoms with van der Waals surface area (Å²) in [4.78, 5) is 42.5. The van der Waals surface area contributed by atoms with Crippen LogP contribution in [0.25, 0.3) is 0 Å². The van der Waals surface area contributed by atoms with E-state index in [2.05, 4.69) is 10.6 Å². The fourth-order valence-electron chi connectivity index (χ4n) is 6.00. The molecular weight excluding hydrogens is 478 g/mol. The van der Waals surface area contributed by atoms with Crippen LogP contribution in [0.5, 0.6) is 5.75 Å². The SMILES string of the molecule is O=C1[C@@H]2[C@@H](C(=O)N1CCc1ccccc1)[C@@]1(N[C@@H]2Cc2ccc(O)cc2)C(=O)Nc2ccc(Cl)cc21. The Balaban J connectivity index is 1.40. The molecular formula is C28H24ClN3O4. The van der Waals surface area contributed by atoms with Crippen LogP contribution in [0.4, 0.5) is 5.69 Å². The number of anilines is 1. The van der Waals surface area contributed by atoms with Gasteiger partial charge in [-0.15, -0.1) is 0 Å². The van der Waals surface area contributed by atoms with E-state index in [9.17, 15) is 19.5 Å². The fourth-order valence-corrected chi connectivity index (χ4v) is 6.17. The molecule has 8 heteroatoms. The van der Waals surface area contributed by atoms with Gasteiger partial charge in [0.2, 0.25) is 17.7 Å². The predicted molar refractivity (Wildman–Crippen MR) is 134 cm³/mol. The molecule has 1 spiro atoms. The van der Waals surface area contributed by atoms with Gasteiger partial charge in [0.15, 0.2) is 0 Å².